The molecule has 10 heteroatoms. The molecule has 2 atom stereocenters. The number of aliphatic imine (C=N–C) groups is 1. The minimum atomic E-state index is -0.856. The highest BCUT2D eigenvalue weighted by Crippen LogP contribution is 2.40. The third kappa shape index (κ3) is 8.82. The van der Waals surface area contributed by atoms with E-state index in [2.05, 4.69) is 25.3 Å². The van der Waals surface area contributed by atoms with Crippen molar-refractivity contribution in [3.8, 4) is 0 Å². The van der Waals surface area contributed by atoms with Crippen molar-refractivity contribution in [3.05, 3.63) is 131 Å². The van der Waals surface area contributed by atoms with Crippen molar-refractivity contribution in [2.75, 3.05) is 18.5 Å². The van der Waals surface area contributed by atoms with Crippen molar-refractivity contribution >= 4 is 29.2 Å². The first-order valence-electron chi connectivity index (χ1n) is 15.6. The number of carbonyl (C=O) groups excluding carboxylic acids is 3. The second kappa shape index (κ2) is 16.2. The van der Waals surface area contributed by atoms with Gasteiger partial charge in [-0.3, -0.25) is 29.5 Å². The van der Waals surface area contributed by atoms with E-state index in [0.29, 0.717) is 59.5 Å². The van der Waals surface area contributed by atoms with Crippen LogP contribution in [0.25, 0.3) is 0 Å². The number of ether oxygens (including phenoxy) is 2. The summed E-state index contributed by atoms with van der Waals surface area (Å²) in [5, 5.41) is 2.82. The fourth-order valence-electron chi connectivity index (χ4n) is 5.60. The van der Waals surface area contributed by atoms with Crippen molar-refractivity contribution in [2.45, 2.75) is 45.4 Å². The quantitative estimate of drug-likeness (QED) is 0.142. The van der Waals surface area contributed by atoms with Gasteiger partial charge in [0.2, 0.25) is 0 Å². The number of benzene rings is 1. The van der Waals surface area contributed by atoms with Gasteiger partial charge < -0.3 is 14.8 Å². The average Bonchev–Trinajstić information content (AvgIpc) is 3.09. The number of hydrogen-bond acceptors (Lipinski definition) is 9. The molecule has 1 aliphatic rings. The van der Waals surface area contributed by atoms with E-state index in [9.17, 15) is 14.4 Å². The molecule has 5 rings (SSSR count). The summed E-state index contributed by atoms with van der Waals surface area (Å²) in [6, 6.07) is 18.0. The van der Waals surface area contributed by atoms with Crippen LogP contribution in [0.3, 0.4) is 0 Å². The summed E-state index contributed by atoms with van der Waals surface area (Å²) >= 11 is 0. The molecule has 0 bridgehead atoms. The Bertz CT molecular complexity index is 1730. The molecule has 0 radical (unpaired) electrons. The molecule has 1 aromatic carbocycles. The van der Waals surface area contributed by atoms with Crippen LogP contribution in [0.5, 0.6) is 0 Å². The van der Waals surface area contributed by atoms with E-state index in [1.165, 1.54) is 0 Å². The summed E-state index contributed by atoms with van der Waals surface area (Å²) in [6.45, 7) is 3.91. The number of aromatic nitrogens is 3. The molecule has 4 aromatic rings. The maximum atomic E-state index is 13.7. The number of rotatable bonds is 13. The lowest BCUT2D eigenvalue weighted by molar-refractivity contribution is -0.147. The second-order valence-electron chi connectivity index (χ2n) is 11.3. The van der Waals surface area contributed by atoms with Crippen LogP contribution in [0.1, 0.15) is 59.7 Å². The lowest BCUT2D eigenvalue weighted by atomic mass is 9.75. The predicted molar refractivity (Wildman–Crippen MR) is 178 cm³/mol. The Morgan fingerprint density at radius 1 is 0.745 bits per heavy atom. The van der Waals surface area contributed by atoms with Crippen LogP contribution in [-0.4, -0.2) is 51.7 Å². The number of aryl methyl sites for hydroxylation is 2. The summed E-state index contributed by atoms with van der Waals surface area (Å²) in [7, 11) is 0. The molecule has 0 saturated heterocycles. The second-order valence-corrected chi connectivity index (χ2v) is 11.3. The molecule has 0 aliphatic carbocycles. The maximum absolute atomic E-state index is 13.7. The lowest BCUT2D eigenvalue weighted by Crippen LogP contribution is -2.36. The Balaban J connectivity index is 1.34. The van der Waals surface area contributed by atoms with Crippen molar-refractivity contribution in [3.63, 3.8) is 0 Å². The number of hydrogen-bond donors (Lipinski definition) is 1. The van der Waals surface area contributed by atoms with E-state index in [-0.39, 0.29) is 19.1 Å². The van der Waals surface area contributed by atoms with Crippen LogP contribution in [-0.2, 0) is 31.9 Å². The molecule has 1 amide bonds. The third-order valence-corrected chi connectivity index (χ3v) is 7.90. The Morgan fingerprint density at radius 2 is 1.34 bits per heavy atom. The van der Waals surface area contributed by atoms with E-state index in [1.54, 1.807) is 87.4 Å². The van der Waals surface area contributed by atoms with E-state index in [4.69, 9.17) is 9.47 Å². The van der Waals surface area contributed by atoms with E-state index < -0.39 is 23.8 Å². The third-order valence-electron chi connectivity index (χ3n) is 7.90. The molecule has 0 saturated carbocycles. The highest BCUT2D eigenvalue weighted by atomic mass is 16.5. The zero-order chi connectivity index (χ0) is 33.0. The summed E-state index contributed by atoms with van der Waals surface area (Å²) < 4.78 is 11.5. The number of allylic oxidation sites excluding steroid dienone is 1. The molecule has 4 heterocycles. The minimum absolute atomic E-state index is 0.191. The van der Waals surface area contributed by atoms with Gasteiger partial charge in [0.25, 0.3) is 5.91 Å². The fourth-order valence-corrected chi connectivity index (χ4v) is 5.60. The number of nitrogens with zero attached hydrogens (tertiary/aromatic N) is 4. The van der Waals surface area contributed by atoms with E-state index in [0.717, 1.165) is 11.1 Å². The van der Waals surface area contributed by atoms with Crippen LogP contribution >= 0.6 is 0 Å². The summed E-state index contributed by atoms with van der Waals surface area (Å²) in [6.07, 6.45) is 12.8. The molecular weight excluding hydrogens is 594 g/mol. The Labute approximate surface area is 274 Å². The molecule has 2 unspecified atom stereocenters. The van der Waals surface area contributed by atoms with Gasteiger partial charge in [0.15, 0.2) is 0 Å². The van der Waals surface area contributed by atoms with Gasteiger partial charge in [0, 0.05) is 53.9 Å². The SMILES string of the molecule is CC1=NC(C)=C(C(=O)OCCCc2cccnc2)C(c2ccc(C(=O)Nc3cccnc3)cc2)C1C(=O)OCCCc1cccnc1. The molecule has 10 nitrogen and oxygen atoms in total. The minimum Gasteiger partial charge on any atom is -0.465 e. The highest BCUT2D eigenvalue weighted by Gasteiger charge is 2.42. The van der Waals surface area contributed by atoms with Gasteiger partial charge in [-0.1, -0.05) is 24.3 Å². The van der Waals surface area contributed by atoms with Crippen molar-refractivity contribution in [1.29, 1.82) is 0 Å². The number of nitrogens with one attached hydrogen (secondary N) is 1. The summed E-state index contributed by atoms with van der Waals surface area (Å²) in [5.41, 5.74) is 5.05. The van der Waals surface area contributed by atoms with Crippen LogP contribution < -0.4 is 5.32 Å². The smallest absolute Gasteiger partial charge is 0.336 e. The molecular formula is C37H37N5O5. The first-order valence-corrected chi connectivity index (χ1v) is 15.6. The fraction of sp³-hybridized carbons (Fsp3) is 0.270. The number of carbonyl (C=O) groups is 3. The van der Waals surface area contributed by atoms with Crippen molar-refractivity contribution < 1.29 is 23.9 Å². The van der Waals surface area contributed by atoms with Gasteiger partial charge in [-0.25, -0.2) is 4.79 Å². The normalized spacial score (nSPS) is 15.8. The topological polar surface area (TPSA) is 133 Å². The van der Waals surface area contributed by atoms with Crippen LogP contribution in [0, 0.1) is 5.92 Å². The molecule has 1 aliphatic heterocycles. The number of amides is 1. The zero-order valence-electron chi connectivity index (χ0n) is 26.5. The molecule has 0 spiro atoms. The highest BCUT2D eigenvalue weighted by molar-refractivity contribution is 6.07. The Hall–Kier alpha value is -5.51. The molecule has 0 fully saturated rings. The van der Waals surface area contributed by atoms with Gasteiger partial charge in [-0.15, -0.1) is 0 Å². The van der Waals surface area contributed by atoms with Gasteiger partial charge in [0.05, 0.1) is 30.7 Å². The largest absolute Gasteiger partial charge is 0.465 e. The molecule has 47 heavy (non-hydrogen) atoms. The number of anilines is 1. The predicted octanol–water partition coefficient (Wildman–Crippen LogP) is 5.92. The monoisotopic (exact) mass is 631 g/mol. The van der Waals surface area contributed by atoms with Crippen LogP contribution in [0.4, 0.5) is 5.69 Å². The van der Waals surface area contributed by atoms with Gasteiger partial charge in [-0.2, -0.15) is 0 Å². The van der Waals surface area contributed by atoms with Crippen molar-refractivity contribution in [2.24, 2.45) is 10.9 Å². The average molecular weight is 632 g/mol. The summed E-state index contributed by atoms with van der Waals surface area (Å²) in [4.78, 5) is 57.2. The first-order chi connectivity index (χ1) is 22.9. The summed E-state index contributed by atoms with van der Waals surface area (Å²) in [5.74, 6) is -2.90. The van der Waals surface area contributed by atoms with Gasteiger partial charge >= 0.3 is 11.9 Å². The molecule has 240 valence electrons. The van der Waals surface area contributed by atoms with Gasteiger partial charge in [-0.05, 0) is 92.6 Å². The van der Waals surface area contributed by atoms with Crippen molar-refractivity contribution in [1.82, 2.24) is 15.0 Å². The van der Waals surface area contributed by atoms with Gasteiger partial charge in [0.1, 0.15) is 5.92 Å². The first kappa shape index (κ1) is 32.9. The number of pyridine rings is 3. The van der Waals surface area contributed by atoms with Crippen LogP contribution in [0.2, 0.25) is 0 Å². The van der Waals surface area contributed by atoms with Crippen LogP contribution in [0.15, 0.2) is 114 Å². The maximum Gasteiger partial charge on any atom is 0.336 e. The number of esters is 2. The van der Waals surface area contributed by atoms with E-state index in [1.807, 2.05) is 24.3 Å². The zero-order valence-corrected chi connectivity index (χ0v) is 26.5. The Morgan fingerprint density at radius 3 is 1.91 bits per heavy atom. The standard InChI is InChI=1S/C37H37N5O5/c1-25-32(36(44)46-20-6-10-27-8-3-17-38-22-27)34(29-13-15-30(16-14-29)35(43)42-31-12-5-19-40-24-31)33(26(2)41-25)37(45)47-21-7-11-28-9-4-18-39-23-28/h3-5,8-9,12-19,22-24,32,34H,6-7,10-11,20-21H2,1-2H3,(H,42,43). The van der Waals surface area contributed by atoms with E-state index >= 15 is 0 Å². The Kier molecular flexibility index (Phi) is 11.3. The lowest BCUT2D eigenvalue weighted by Gasteiger charge is -2.31. The molecule has 1 N–H and O–H groups in total. The molecule has 3 aromatic heterocycles.